The van der Waals surface area contributed by atoms with Crippen molar-refractivity contribution in [3.05, 3.63) is 0 Å². The molecule has 8 heteroatoms. The van der Waals surface area contributed by atoms with Crippen LogP contribution in [0.2, 0.25) is 0 Å². The Bertz CT molecular complexity index is 182. The minimum absolute atomic E-state index is 1.07. The summed E-state index contributed by atoms with van der Waals surface area (Å²) in [4.78, 5) is 9.95. The van der Waals surface area contributed by atoms with Crippen molar-refractivity contribution >= 4 is 5.91 Å². The summed E-state index contributed by atoms with van der Waals surface area (Å²) >= 11 is 0. The fraction of sp³-hybridized carbons (Fsp3) is 0.800. The number of hydrogen-bond donors (Lipinski definition) is 1. The van der Waals surface area contributed by atoms with Gasteiger partial charge in [-0.25, -0.2) is 0 Å². The third-order valence-electron chi connectivity index (χ3n) is 0.951. The molecule has 1 N–H and O–H groups in total. The van der Waals surface area contributed by atoms with E-state index in [2.05, 4.69) is 0 Å². The maximum atomic E-state index is 11.4. The fourth-order valence-electron chi connectivity index (χ4n) is 0.418. The summed E-state index contributed by atoms with van der Waals surface area (Å²) in [6.07, 6.45) is -11.2. The maximum Gasteiger partial charge on any atom is 0.471 e. The normalized spacial score (nSPS) is 12.8. The lowest BCUT2D eigenvalue weighted by Crippen LogP contribution is -2.38. The smallest absolute Gasteiger partial charge is 0.348 e. The van der Waals surface area contributed by atoms with Gasteiger partial charge in [0.05, 0.1) is 6.42 Å². The number of hydrogen-bond acceptors (Lipinski definition) is 1. The van der Waals surface area contributed by atoms with Crippen LogP contribution >= 0.6 is 0 Å². The molecule has 0 unspecified atom stereocenters. The van der Waals surface area contributed by atoms with Crippen molar-refractivity contribution in [1.82, 2.24) is 5.32 Å². The fourth-order valence-corrected chi connectivity index (χ4v) is 0.418. The molecule has 78 valence electrons. The van der Waals surface area contributed by atoms with Gasteiger partial charge in [-0.15, -0.1) is 0 Å². The van der Waals surface area contributed by atoms with E-state index in [1.165, 1.54) is 0 Å². The molecule has 0 bridgehead atoms. The topological polar surface area (TPSA) is 29.1 Å². The number of alkyl halides is 6. The molecule has 0 heterocycles. The van der Waals surface area contributed by atoms with Crippen LogP contribution in [0.15, 0.2) is 0 Å². The molecule has 0 spiro atoms. The van der Waals surface area contributed by atoms with E-state index in [-0.39, 0.29) is 0 Å². The third kappa shape index (κ3) is 6.23. The van der Waals surface area contributed by atoms with Gasteiger partial charge < -0.3 is 5.32 Å². The molecule has 0 rings (SSSR count). The molecule has 0 fully saturated rings. The Morgan fingerprint density at radius 2 is 1.54 bits per heavy atom. The number of nitrogens with one attached hydrogen (secondary N) is 1. The van der Waals surface area contributed by atoms with Crippen molar-refractivity contribution < 1.29 is 31.1 Å². The van der Waals surface area contributed by atoms with Crippen LogP contribution in [0.4, 0.5) is 26.3 Å². The molecule has 0 aliphatic rings. The van der Waals surface area contributed by atoms with Gasteiger partial charge in [0.15, 0.2) is 0 Å². The third-order valence-corrected chi connectivity index (χ3v) is 0.951. The Kier molecular flexibility index (Phi) is 3.56. The van der Waals surface area contributed by atoms with Crippen molar-refractivity contribution in [2.75, 3.05) is 6.54 Å². The molecule has 0 saturated carbocycles. The van der Waals surface area contributed by atoms with E-state index in [1.807, 2.05) is 0 Å². The van der Waals surface area contributed by atoms with Gasteiger partial charge in [0.2, 0.25) is 0 Å². The van der Waals surface area contributed by atoms with Gasteiger partial charge in [0.1, 0.15) is 0 Å². The van der Waals surface area contributed by atoms with Crippen molar-refractivity contribution in [3.63, 3.8) is 0 Å². The SMILES string of the molecule is O=C(NCCC(F)(F)F)C(F)(F)F. The molecule has 0 aromatic carbocycles. The lowest BCUT2D eigenvalue weighted by Gasteiger charge is -2.09. The largest absolute Gasteiger partial charge is 0.471 e. The lowest BCUT2D eigenvalue weighted by molar-refractivity contribution is -0.174. The number of amides is 1. The Hall–Kier alpha value is -0.950. The number of carbonyl (C=O) groups is 1. The Morgan fingerprint density at radius 3 is 1.85 bits per heavy atom. The number of halogens is 6. The molecule has 0 atom stereocenters. The highest BCUT2D eigenvalue weighted by Crippen LogP contribution is 2.19. The van der Waals surface area contributed by atoms with Crippen LogP contribution in [0.25, 0.3) is 0 Å². The molecule has 0 aliphatic carbocycles. The van der Waals surface area contributed by atoms with E-state index in [0.717, 1.165) is 5.32 Å². The predicted octanol–water partition coefficient (Wildman–Crippen LogP) is 1.62. The average Bonchev–Trinajstić information content (AvgIpc) is 1.82. The second kappa shape index (κ2) is 3.84. The molecule has 0 radical (unpaired) electrons. The van der Waals surface area contributed by atoms with Gasteiger partial charge in [-0.2, -0.15) is 26.3 Å². The highest BCUT2D eigenvalue weighted by atomic mass is 19.4. The Morgan fingerprint density at radius 1 is 1.08 bits per heavy atom. The van der Waals surface area contributed by atoms with Gasteiger partial charge in [-0.1, -0.05) is 0 Å². The van der Waals surface area contributed by atoms with E-state index in [0.29, 0.717) is 0 Å². The first-order valence-corrected chi connectivity index (χ1v) is 3.05. The Balaban J connectivity index is 3.74. The van der Waals surface area contributed by atoms with Gasteiger partial charge in [0.25, 0.3) is 0 Å². The summed E-state index contributed by atoms with van der Waals surface area (Å²) in [5, 5.41) is 1.10. The molecule has 1 amide bonds. The van der Waals surface area contributed by atoms with Crippen molar-refractivity contribution in [1.29, 1.82) is 0 Å². The van der Waals surface area contributed by atoms with E-state index < -0.39 is 31.2 Å². The summed E-state index contributed by atoms with van der Waals surface area (Å²) in [6.45, 7) is -1.07. The summed E-state index contributed by atoms with van der Waals surface area (Å²) in [6, 6.07) is 0. The van der Waals surface area contributed by atoms with Gasteiger partial charge in [0, 0.05) is 6.54 Å². The summed E-state index contributed by atoms with van der Waals surface area (Å²) < 4.78 is 68.2. The first-order chi connectivity index (χ1) is 5.63. The number of rotatable bonds is 2. The van der Waals surface area contributed by atoms with Crippen molar-refractivity contribution in [3.8, 4) is 0 Å². The monoisotopic (exact) mass is 209 g/mol. The summed E-state index contributed by atoms with van der Waals surface area (Å²) in [7, 11) is 0. The van der Waals surface area contributed by atoms with Gasteiger partial charge in [-0.05, 0) is 0 Å². The van der Waals surface area contributed by atoms with E-state index in [4.69, 9.17) is 0 Å². The summed E-state index contributed by atoms with van der Waals surface area (Å²) in [5.74, 6) is -2.36. The standard InChI is InChI=1S/C5H5F6NO/c6-4(7,8)1-2-12-3(13)5(9,10)11/h1-2H2,(H,12,13). The van der Waals surface area contributed by atoms with Crippen LogP contribution in [-0.4, -0.2) is 24.8 Å². The summed E-state index contributed by atoms with van der Waals surface area (Å²) in [5.41, 5.74) is 0. The van der Waals surface area contributed by atoms with Crippen LogP contribution in [0.3, 0.4) is 0 Å². The minimum Gasteiger partial charge on any atom is -0.348 e. The predicted molar refractivity (Wildman–Crippen MR) is 29.7 cm³/mol. The van der Waals surface area contributed by atoms with Crippen LogP contribution in [0.1, 0.15) is 6.42 Å². The molecule has 0 aromatic heterocycles. The Labute approximate surface area is 68.9 Å². The van der Waals surface area contributed by atoms with Crippen LogP contribution in [0.5, 0.6) is 0 Å². The highest BCUT2D eigenvalue weighted by molar-refractivity contribution is 5.81. The zero-order valence-electron chi connectivity index (χ0n) is 6.09. The molecular formula is C5H5F6NO. The molecule has 13 heavy (non-hydrogen) atoms. The quantitative estimate of drug-likeness (QED) is 0.688. The first-order valence-electron chi connectivity index (χ1n) is 3.05. The van der Waals surface area contributed by atoms with Gasteiger partial charge in [-0.3, -0.25) is 4.79 Å². The molecule has 0 aromatic rings. The molecule has 2 nitrogen and oxygen atoms in total. The van der Waals surface area contributed by atoms with Gasteiger partial charge >= 0.3 is 18.3 Å². The molecule has 0 aliphatic heterocycles. The van der Waals surface area contributed by atoms with Crippen LogP contribution in [-0.2, 0) is 4.79 Å². The zero-order valence-corrected chi connectivity index (χ0v) is 6.09. The average molecular weight is 209 g/mol. The molecule has 0 saturated heterocycles. The second-order valence-corrected chi connectivity index (χ2v) is 2.12. The van der Waals surface area contributed by atoms with Crippen LogP contribution in [0, 0.1) is 0 Å². The first kappa shape index (κ1) is 12.0. The van der Waals surface area contributed by atoms with Crippen LogP contribution < -0.4 is 5.32 Å². The minimum atomic E-state index is -5.13. The number of carbonyl (C=O) groups excluding carboxylic acids is 1. The zero-order chi connectivity index (χ0) is 10.7. The lowest BCUT2D eigenvalue weighted by atomic mass is 10.4. The van der Waals surface area contributed by atoms with E-state index in [1.54, 1.807) is 0 Å². The van der Waals surface area contributed by atoms with E-state index >= 15 is 0 Å². The maximum absolute atomic E-state index is 11.4. The second-order valence-electron chi connectivity index (χ2n) is 2.12. The molecular weight excluding hydrogens is 204 g/mol. The van der Waals surface area contributed by atoms with E-state index in [9.17, 15) is 31.1 Å². The highest BCUT2D eigenvalue weighted by Gasteiger charge is 2.39. The van der Waals surface area contributed by atoms with Crippen molar-refractivity contribution in [2.45, 2.75) is 18.8 Å². The van der Waals surface area contributed by atoms with Crippen molar-refractivity contribution in [2.24, 2.45) is 0 Å².